The van der Waals surface area contributed by atoms with Crippen LogP contribution in [0.3, 0.4) is 0 Å². The molecule has 8 nitrogen and oxygen atoms in total. The molecule has 1 saturated carbocycles. The molecule has 2 aromatic carbocycles. The molecule has 4 aliphatic rings. The molecule has 2 aliphatic carbocycles. The monoisotopic (exact) mass is 628 g/mol. The van der Waals surface area contributed by atoms with Crippen molar-refractivity contribution in [1.29, 1.82) is 0 Å². The smallest absolute Gasteiger partial charge is 0.308 e. The maximum atomic E-state index is 14.2. The van der Waals surface area contributed by atoms with Crippen molar-refractivity contribution in [2.24, 2.45) is 5.92 Å². The van der Waals surface area contributed by atoms with Crippen molar-refractivity contribution in [2.75, 3.05) is 20.1 Å². The number of halogens is 2. The Hall–Kier alpha value is -2.81. The minimum absolute atomic E-state index is 0.0336. The molecule has 2 fully saturated rings. The predicted octanol–water partition coefficient (Wildman–Crippen LogP) is 5.37. The highest BCUT2D eigenvalue weighted by atomic mass is 35.5. The van der Waals surface area contributed by atoms with E-state index in [4.69, 9.17) is 37.4 Å². The number of amides is 1. The van der Waals surface area contributed by atoms with Gasteiger partial charge in [0, 0.05) is 26.0 Å². The minimum Gasteiger partial charge on any atom is -0.483 e. The lowest BCUT2D eigenvalue weighted by atomic mass is 9.48. The summed E-state index contributed by atoms with van der Waals surface area (Å²) in [6.45, 7) is 8.34. The molecule has 2 heterocycles. The van der Waals surface area contributed by atoms with Crippen LogP contribution in [0, 0.1) is 5.92 Å². The van der Waals surface area contributed by atoms with Gasteiger partial charge in [0.15, 0.2) is 11.5 Å². The number of piperidine rings is 1. The van der Waals surface area contributed by atoms with Crippen molar-refractivity contribution < 1.29 is 28.6 Å². The molecule has 0 radical (unpaired) electrons. The molecule has 5 atom stereocenters. The number of hydrogen-bond acceptors (Lipinski definition) is 7. The summed E-state index contributed by atoms with van der Waals surface area (Å²) in [6.07, 6.45) is 2.19. The molecule has 6 rings (SSSR count). The Morgan fingerprint density at radius 1 is 1.09 bits per heavy atom. The number of benzene rings is 2. The second kappa shape index (κ2) is 11.0. The molecule has 43 heavy (non-hydrogen) atoms. The van der Waals surface area contributed by atoms with E-state index in [-0.39, 0.29) is 36.3 Å². The van der Waals surface area contributed by atoms with Crippen molar-refractivity contribution >= 4 is 41.0 Å². The van der Waals surface area contributed by atoms with Crippen LogP contribution >= 0.6 is 23.2 Å². The van der Waals surface area contributed by atoms with Crippen LogP contribution in [0.15, 0.2) is 30.3 Å². The number of rotatable bonds is 7. The van der Waals surface area contributed by atoms with Crippen LogP contribution in [0.2, 0.25) is 10.0 Å². The molecule has 2 aliphatic heterocycles. The Kier molecular flexibility index (Phi) is 7.71. The summed E-state index contributed by atoms with van der Waals surface area (Å²) >= 11 is 12.4. The highest BCUT2D eigenvalue weighted by Gasteiger charge is 2.75. The van der Waals surface area contributed by atoms with Gasteiger partial charge < -0.3 is 19.1 Å². The van der Waals surface area contributed by atoms with E-state index in [1.807, 2.05) is 17.0 Å². The first-order valence-electron chi connectivity index (χ1n) is 15.0. The Bertz CT molecular complexity index is 1500. The number of hydrogen-bond donors (Lipinski definition) is 0. The lowest BCUT2D eigenvalue weighted by Gasteiger charge is -2.65. The van der Waals surface area contributed by atoms with Gasteiger partial charge in [-0.3, -0.25) is 19.3 Å². The van der Waals surface area contributed by atoms with Crippen molar-refractivity contribution in [2.45, 2.75) is 89.0 Å². The Morgan fingerprint density at radius 2 is 1.86 bits per heavy atom. The molecular formula is C33H38Cl2N2O6. The van der Waals surface area contributed by atoms with E-state index in [9.17, 15) is 14.4 Å². The van der Waals surface area contributed by atoms with Gasteiger partial charge in [-0.2, -0.15) is 0 Å². The molecule has 1 amide bonds. The fourth-order valence-electron chi connectivity index (χ4n) is 8.45. The number of likely N-dealkylation sites (N-methyl/N-ethyl adjacent to an activating group) is 1. The van der Waals surface area contributed by atoms with Gasteiger partial charge >= 0.3 is 11.9 Å². The van der Waals surface area contributed by atoms with Crippen LogP contribution in [0.1, 0.15) is 63.6 Å². The maximum Gasteiger partial charge on any atom is 0.308 e. The molecule has 10 heteroatoms. The zero-order valence-corrected chi connectivity index (χ0v) is 26.8. The van der Waals surface area contributed by atoms with Crippen LogP contribution in [0.4, 0.5) is 0 Å². The SMILES string of the molecule is CC(=O)Oc1ccc2c3c1OC1C(N(CC(C)C)C(=O)Cc4ccc(Cl)c(Cl)c4)CC[C@@]4(OC(C)=O)[C@@H](C2)N(C)CC[C@]314. The summed E-state index contributed by atoms with van der Waals surface area (Å²) in [5, 5.41) is 0.848. The predicted molar refractivity (Wildman–Crippen MR) is 163 cm³/mol. The van der Waals surface area contributed by atoms with Gasteiger partial charge in [0.2, 0.25) is 5.91 Å². The largest absolute Gasteiger partial charge is 0.483 e. The zero-order chi connectivity index (χ0) is 30.8. The van der Waals surface area contributed by atoms with E-state index >= 15 is 0 Å². The lowest BCUT2D eigenvalue weighted by Crippen LogP contribution is -2.79. The average molecular weight is 630 g/mol. The molecule has 230 valence electrons. The van der Waals surface area contributed by atoms with Gasteiger partial charge in [0.05, 0.1) is 34.0 Å². The topological polar surface area (TPSA) is 85.4 Å². The minimum atomic E-state index is -0.851. The Morgan fingerprint density at radius 3 is 2.53 bits per heavy atom. The second-order valence-corrected chi connectivity index (χ2v) is 13.7. The summed E-state index contributed by atoms with van der Waals surface area (Å²) in [4.78, 5) is 43.4. The maximum absolute atomic E-state index is 14.2. The van der Waals surface area contributed by atoms with Crippen LogP contribution < -0.4 is 9.47 Å². The first-order chi connectivity index (χ1) is 20.4. The standard InChI is InChI=1S/C33H38Cl2N2O6/c1-18(2)17-37(28(40)15-21-6-8-23(34)24(35)14-21)25-10-11-33(43-20(4)39)27-16-22-7-9-26(41-19(3)38)30-29(22)32(33,31(25)42-30)12-13-36(27)5/h6-9,14,18,25,27,31H,10-13,15-17H2,1-5H3/t25?,27-,31?,32+,33-/m1/s1. The summed E-state index contributed by atoms with van der Waals surface area (Å²) < 4.78 is 19.1. The van der Waals surface area contributed by atoms with Crippen molar-refractivity contribution in [1.82, 2.24) is 9.80 Å². The highest BCUT2D eigenvalue weighted by Crippen LogP contribution is 2.67. The van der Waals surface area contributed by atoms with E-state index in [0.29, 0.717) is 53.8 Å². The molecule has 0 N–H and O–H groups in total. The number of carbonyl (C=O) groups is 3. The van der Waals surface area contributed by atoms with E-state index in [1.165, 1.54) is 13.8 Å². The van der Waals surface area contributed by atoms with Crippen molar-refractivity contribution in [3.05, 3.63) is 57.1 Å². The third-order valence-corrected chi connectivity index (χ3v) is 10.6. The van der Waals surface area contributed by atoms with Crippen LogP contribution in [0.25, 0.3) is 0 Å². The third kappa shape index (κ3) is 4.72. The van der Waals surface area contributed by atoms with Gasteiger partial charge in [-0.05, 0) is 74.5 Å². The van der Waals surface area contributed by atoms with E-state index in [2.05, 4.69) is 25.8 Å². The fourth-order valence-corrected chi connectivity index (χ4v) is 8.77. The van der Waals surface area contributed by atoms with Crippen LogP contribution in [-0.2, 0) is 37.4 Å². The quantitative estimate of drug-likeness (QED) is 0.301. The average Bonchev–Trinajstić information content (AvgIpc) is 3.28. The molecular weight excluding hydrogens is 591 g/mol. The van der Waals surface area contributed by atoms with Gasteiger partial charge in [-0.15, -0.1) is 0 Å². The Labute approximate surface area is 262 Å². The Balaban J connectivity index is 1.49. The van der Waals surface area contributed by atoms with Crippen LogP contribution in [0.5, 0.6) is 11.5 Å². The summed E-state index contributed by atoms with van der Waals surface area (Å²) in [7, 11) is 2.09. The van der Waals surface area contributed by atoms with Crippen LogP contribution in [-0.4, -0.2) is 71.6 Å². The first kappa shape index (κ1) is 30.2. The van der Waals surface area contributed by atoms with Crippen molar-refractivity contribution in [3.63, 3.8) is 0 Å². The second-order valence-electron chi connectivity index (χ2n) is 12.9. The zero-order valence-electron chi connectivity index (χ0n) is 25.2. The van der Waals surface area contributed by atoms with Gasteiger partial charge in [-0.25, -0.2) is 0 Å². The molecule has 2 aromatic rings. The van der Waals surface area contributed by atoms with E-state index < -0.39 is 23.1 Å². The molecule has 2 bridgehead atoms. The number of carbonyl (C=O) groups excluding carboxylic acids is 3. The molecule has 0 aromatic heterocycles. The number of esters is 2. The molecule has 2 unspecified atom stereocenters. The van der Waals surface area contributed by atoms with Gasteiger partial charge in [0.25, 0.3) is 0 Å². The van der Waals surface area contributed by atoms with Crippen molar-refractivity contribution in [3.8, 4) is 11.5 Å². The van der Waals surface area contributed by atoms with Gasteiger partial charge in [-0.1, -0.05) is 49.2 Å². The third-order valence-electron chi connectivity index (χ3n) is 9.84. The lowest BCUT2D eigenvalue weighted by molar-refractivity contribution is -0.222. The normalized spacial score (nSPS) is 28.6. The molecule has 1 spiro atoms. The number of ether oxygens (including phenoxy) is 3. The van der Waals surface area contributed by atoms with E-state index in [1.54, 1.807) is 18.2 Å². The summed E-state index contributed by atoms with van der Waals surface area (Å²) in [6, 6.07) is 8.74. The number of nitrogens with zero attached hydrogens (tertiary/aromatic N) is 2. The van der Waals surface area contributed by atoms with Gasteiger partial charge in [0.1, 0.15) is 11.7 Å². The highest BCUT2D eigenvalue weighted by molar-refractivity contribution is 6.42. The fraction of sp³-hybridized carbons (Fsp3) is 0.545. The molecule has 1 saturated heterocycles. The summed E-state index contributed by atoms with van der Waals surface area (Å²) in [5.41, 5.74) is 1.29. The van der Waals surface area contributed by atoms with E-state index in [0.717, 1.165) is 23.2 Å². The summed E-state index contributed by atoms with van der Waals surface area (Å²) in [5.74, 6) is 0.285. The first-order valence-corrected chi connectivity index (χ1v) is 15.8. The number of likely N-dealkylation sites (tertiary alicyclic amines) is 1.